The van der Waals surface area contributed by atoms with Gasteiger partial charge in [-0.25, -0.2) is 9.97 Å². The number of methoxy groups -OCH3 is 2. The Hall–Kier alpha value is -3.27. The summed E-state index contributed by atoms with van der Waals surface area (Å²) in [5, 5.41) is 17.3. The Morgan fingerprint density at radius 1 is 0.959 bits per heavy atom. The number of aliphatic hydroxyl groups excluding tert-OH is 1. The molecule has 3 N–H and O–H groups in total. The average Bonchev–Trinajstić information content (AvgIpc) is 3.63. The van der Waals surface area contributed by atoms with Crippen molar-refractivity contribution in [3.05, 3.63) is 70.2 Å². The number of alkyl halides is 1. The molecule has 1 amide bonds. The predicted octanol–water partition coefficient (Wildman–Crippen LogP) is 4.91. The number of fused-ring (bicyclic) bond motifs is 1. The van der Waals surface area contributed by atoms with Gasteiger partial charge in [0.2, 0.25) is 17.7 Å². The zero-order valence-electron chi connectivity index (χ0n) is 27.0. The van der Waals surface area contributed by atoms with E-state index in [0.717, 1.165) is 29.8 Å². The lowest BCUT2D eigenvalue weighted by molar-refractivity contribution is -0.119. The number of nitrogens with one attached hydrogen (secondary N) is 2. The standard InChI is InChI=1S/C35H36Cl2IN7O4/c1-48-34-28(13-39-12-19-9-10-31(47)42-19)40-14-26(43-34)22-7-3-5-20(32(22)36)21-6-4-8-23(33(21)37)27-15-41-29(35(44-27)49-2)17-45-16-25-24(11-38-25)30(45)18-46/h3-8,11,14-15,19,24-25,30,39,46H,9-10,12-13,16-18H2,1-2H3,(H,42,47)/t19-,24+,25+,30+/m0/s1. The Bertz CT molecular complexity index is 1910. The summed E-state index contributed by atoms with van der Waals surface area (Å²) in [5.74, 6) is 1.39. The number of amides is 1. The first-order valence-electron chi connectivity index (χ1n) is 16.1. The highest BCUT2D eigenvalue weighted by molar-refractivity contribution is 14.2. The zero-order valence-corrected chi connectivity index (χ0v) is 30.7. The minimum atomic E-state index is 0.0840. The number of nitrogens with zero attached hydrogens (tertiary/aromatic N) is 5. The maximum Gasteiger partial charge on any atom is 0.237 e. The molecular weight excluding hydrogens is 780 g/mol. The smallest absolute Gasteiger partial charge is 0.237 e. The van der Waals surface area contributed by atoms with E-state index in [1.165, 1.54) is 0 Å². The molecule has 2 saturated heterocycles. The lowest BCUT2D eigenvalue weighted by Gasteiger charge is -2.26. The van der Waals surface area contributed by atoms with Crippen molar-refractivity contribution in [1.29, 1.82) is 0 Å². The van der Waals surface area contributed by atoms with Crippen LogP contribution in [-0.4, -0.2) is 89.8 Å². The van der Waals surface area contributed by atoms with Crippen LogP contribution in [0.4, 0.5) is 0 Å². The van der Waals surface area contributed by atoms with Crippen molar-refractivity contribution in [2.24, 2.45) is 5.92 Å². The number of rotatable bonds is 12. The lowest BCUT2D eigenvalue weighted by Crippen LogP contribution is -2.37. The SMILES string of the molecule is COc1nc(-c2cccc(-c3cccc(-c4cnc(CN5C[C@H]6I=C[C@H]6[C@H]5CO)c(OC)n4)c3Cl)c2Cl)cnc1CNC[C@@H]1CCC(=O)N1. The van der Waals surface area contributed by atoms with Gasteiger partial charge >= 0.3 is 0 Å². The molecule has 14 heteroatoms. The van der Waals surface area contributed by atoms with Gasteiger partial charge in [-0.05, 0) is 10.4 Å². The molecule has 0 spiro atoms. The van der Waals surface area contributed by atoms with Crippen molar-refractivity contribution in [1.82, 2.24) is 35.5 Å². The van der Waals surface area contributed by atoms with E-state index in [0.29, 0.717) is 85.9 Å². The summed E-state index contributed by atoms with van der Waals surface area (Å²) in [7, 11) is 3.15. The van der Waals surface area contributed by atoms with Crippen LogP contribution in [0.15, 0.2) is 48.8 Å². The van der Waals surface area contributed by atoms with Crippen molar-refractivity contribution in [2.45, 2.75) is 41.9 Å². The second kappa shape index (κ2) is 14.9. The number of hydrogen-bond donors (Lipinski definition) is 3. The Balaban J connectivity index is 1.12. The molecule has 0 saturated carbocycles. The molecule has 4 atom stereocenters. The van der Waals surface area contributed by atoms with Crippen LogP contribution in [0.3, 0.4) is 0 Å². The van der Waals surface area contributed by atoms with Gasteiger partial charge in [0.25, 0.3) is 0 Å². The van der Waals surface area contributed by atoms with Gasteiger partial charge < -0.3 is 25.2 Å². The molecule has 0 unspecified atom stereocenters. The largest absolute Gasteiger partial charge is 0.480 e. The molecule has 0 bridgehead atoms. The number of aliphatic hydroxyl groups is 1. The van der Waals surface area contributed by atoms with Crippen molar-refractivity contribution < 1.29 is 19.4 Å². The van der Waals surface area contributed by atoms with Gasteiger partial charge in [-0.2, -0.15) is 0 Å². The summed E-state index contributed by atoms with van der Waals surface area (Å²) < 4.78 is 14.4. The highest BCUT2D eigenvalue weighted by Gasteiger charge is 2.43. The summed E-state index contributed by atoms with van der Waals surface area (Å²) >= 11 is 14.3. The number of halogens is 3. The summed E-state index contributed by atoms with van der Waals surface area (Å²) in [5.41, 5.74) is 5.36. The fraction of sp³-hybridized carbons (Fsp3) is 0.371. The van der Waals surface area contributed by atoms with E-state index in [4.69, 9.17) is 47.6 Å². The van der Waals surface area contributed by atoms with E-state index in [2.05, 4.69) is 24.5 Å². The van der Waals surface area contributed by atoms with Gasteiger partial charge in [0.05, 0.1) is 54.7 Å². The topological polar surface area (TPSA) is 135 Å². The number of benzene rings is 2. The summed E-state index contributed by atoms with van der Waals surface area (Å²) in [6, 6.07) is 11.7. The maximum absolute atomic E-state index is 11.5. The molecule has 7 rings (SSSR count). The number of likely N-dealkylation sites (tertiary alicyclic amines) is 1. The number of hydrogen-bond acceptors (Lipinski definition) is 10. The Morgan fingerprint density at radius 3 is 2.12 bits per heavy atom. The molecule has 3 aliphatic rings. The fourth-order valence-electron chi connectivity index (χ4n) is 6.64. The van der Waals surface area contributed by atoms with Crippen LogP contribution in [0.1, 0.15) is 24.2 Å². The average molecular weight is 817 g/mol. The summed E-state index contributed by atoms with van der Waals surface area (Å²) in [6.45, 7) is 2.75. The molecule has 0 aliphatic carbocycles. The maximum atomic E-state index is 11.5. The van der Waals surface area contributed by atoms with Gasteiger partial charge in [-0.1, -0.05) is 59.6 Å². The number of aromatic nitrogens is 4. The Labute approximate surface area is 304 Å². The molecule has 2 fully saturated rings. The van der Waals surface area contributed by atoms with E-state index >= 15 is 0 Å². The summed E-state index contributed by atoms with van der Waals surface area (Å²) in [6.07, 6.45) is 4.77. The Kier molecular flexibility index (Phi) is 10.4. The monoisotopic (exact) mass is 815 g/mol. The van der Waals surface area contributed by atoms with Crippen LogP contribution in [0.2, 0.25) is 10.0 Å². The quantitative estimate of drug-likeness (QED) is 0.134. The second-order valence-corrected chi connectivity index (χ2v) is 16.0. The normalized spacial score (nSPS) is 21.5. The van der Waals surface area contributed by atoms with E-state index in [-0.39, 0.29) is 45.3 Å². The van der Waals surface area contributed by atoms with Crippen LogP contribution in [-0.2, 0) is 17.9 Å². The van der Waals surface area contributed by atoms with Crippen LogP contribution in [0.5, 0.6) is 11.8 Å². The van der Waals surface area contributed by atoms with E-state index in [9.17, 15) is 9.90 Å². The number of carbonyl (C=O) groups is 1. The second-order valence-electron chi connectivity index (χ2n) is 12.2. The minimum Gasteiger partial charge on any atom is -0.480 e. The minimum absolute atomic E-state index is 0.0840. The highest BCUT2D eigenvalue weighted by Crippen LogP contribution is 2.43. The van der Waals surface area contributed by atoms with E-state index in [1.54, 1.807) is 26.6 Å². The molecule has 3 aliphatic heterocycles. The molecule has 11 nitrogen and oxygen atoms in total. The van der Waals surface area contributed by atoms with Crippen LogP contribution in [0, 0.1) is 5.92 Å². The lowest BCUT2D eigenvalue weighted by atomic mass is 9.98. The molecule has 256 valence electrons. The van der Waals surface area contributed by atoms with Crippen molar-refractivity contribution >= 4 is 53.9 Å². The molecule has 0 radical (unpaired) electrons. The first kappa shape index (κ1) is 34.2. The third kappa shape index (κ3) is 6.91. The summed E-state index contributed by atoms with van der Waals surface area (Å²) in [4.78, 5) is 32.7. The van der Waals surface area contributed by atoms with Crippen LogP contribution >= 0.6 is 43.9 Å². The first-order chi connectivity index (χ1) is 23.9. The molecule has 2 aromatic carbocycles. The number of ether oxygens (including phenoxy) is 2. The van der Waals surface area contributed by atoms with Crippen LogP contribution < -0.4 is 20.1 Å². The van der Waals surface area contributed by atoms with Crippen molar-refractivity contribution in [3.8, 4) is 45.4 Å². The predicted molar refractivity (Wildman–Crippen MR) is 199 cm³/mol. The molecule has 49 heavy (non-hydrogen) atoms. The van der Waals surface area contributed by atoms with Gasteiger partial charge in [0.15, 0.2) is 0 Å². The first-order valence-corrected chi connectivity index (χ1v) is 19.3. The van der Waals surface area contributed by atoms with Gasteiger partial charge in [-0.15, -0.1) is 20.7 Å². The van der Waals surface area contributed by atoms with Crippen molar-refractivity contribution in [3.63, 3.8) is 0 Å². The van der Waals surface area contributed by atoms with Crippen LogP contribution in [0.25, 0.3) is 33.6 Å². The van der Waals surface area contributed by atoms with E-state index in [1.807, 2.05) is 36.4 Å². The zero-order chi connectivity index (χ0) is 34.1. The highest BCUT2D eigenvalue weighted by atomic mass is 127. The molecular formula is C35H36Cl2IN7O4. The van der Waals surface area contributed by atoms with Gasteiger partial charge in [0.1, 0.15) is 11.4 Å². The van der Waals surface area contributed by atoms with Crippen molar-refractivity contribution in [2.75, 3.05) is 33.9 Å². The van der Waals surface area contributed by atoms with Gasteiger partial charge in [-0.3, -0.25) is 19.7 Å². The third-order valence-corrected chi connectivity index (χ3v) is 13.5. The molecule has 2 aromatic heterocycles. The Morgan fingerprint density at radius 2 is 1.57 bits per heavy atom. The number of carbonyl (C=O) groups excluding carboxylic acids is 1. The molecule has 4 aromatic rings. The van der Waals surface area contributed by atoms with Gasteiger partial charge in [0, 0.05) is 76.8 Å². The molecule has 5 heterocycles. The van der Waals surface area contributed by atoms with E-state index < -0.39 is 0 Å². The fourth-order valence-corrected chi connectivity index (χ4v) is 10.5. The third-order valence-electron chi connectivity index (χ3n) is 9.28.